The molecule has 1 fully saturated rings. The van der Waals surface area contributed by atoms with Crippen LogP contribution >= 0.6 is 35.0 Å². The molecule has 9 heteroatoms. The van der Waals surface area contributed by atoms with Crippen molar-refractivity contribution in [3.8, 4) is 5.75 Å². The van der Waals surface area contributed by atoms with Crippen LogP contribution in [0.4, 0.5) is 4.79 Å². The van der Waals surface area contributed by atoms with Gasteiger partial charge >= 0.3 is 6.03 Å². The zero-order chi connectivity index (χ0) is 30.6. The Morgan fingerprint density at radius 2 is 1.51 bits per heavy atom. The second-order valence-electron chi connectivity index (χ2n) is 11.3. The van der Waals surface area contributed by atoms with Crippen LogP contribution in [0.25, 0.3) is 0 Å². The number of halogens is 2. The number of carbonyl (C=O) groups is 1. The normalized spacial score (nSPS) is 22.5. The van der Waals surface area contributed by atoms with Gasteiger partial charge in [-0.2, -0.15) is 11.8 Å². The lowest BCUT2D eigenvalue weighted by Crippen LogP contribution is -2.60. The highest BCUT2D eigenvalue weighted by Gasteiger charge is 2.60. The first-order valence-electron chi connectivity index (χ1n) is 14.9. The van der Waals surface area contributed by atoms with Gasteiger partial charge in [0.15, 0.2) is 0 Å². The molecule has 2 aliphatic heterocycles. The molecule has 0 radical (unpaired) electrons. The Kier molecular flexibility index (Phi) is 9.96. The third kappa shape index (κ3) is 6.15. The number of thioether (sulfide) groups is 1. The summed E-state index contributed by atoms with van der Waals surface area (Å²) in [7, 11) is 0. The van der Waals surface area contributed by atoms with E-state index in [1.165, 1.54) is 0 Å². The Hall–Kier alpha value is -2.71. The number of hydrogen-bond acceptors (Lipinski definition) is 5. The first-order valence-corrected chi connectivity index (χ1v) is 17.0. The van der Waals surface area contributed by atoms with Crippen molar-refractivity contribution in [2.45, 2.75) is 38.3 Å². The van der Waals surface area contributed by atoms with Gasteiger partial charge in [-0.05, 0) is 93.3 Å². The summed E-state index contributed by atoms with van der Waals surface area (Å²) in [5, 5.41) is 1.28. The molecule has 2 atom stereocenters. The molecule has 43 heavy (non-hydrogen) atoms. The minimum absolute atomic E-state index is 0.0658. The third-order valence-electron chi connectivity index (χ3n) is 8.83. The molecule has 2 heterocycles. The number of amidine groups is 1. The Bertz CT molecular complexity index is 1440. The molecule has 228 valence electrons. The van der Waals surface area contributed by atoms with Crippen LogP contribution < -0.4 is 4.74 Å². The highest BCUT2D eigenvalue weighted by Crippen LogP contribution is 2.54. The van der Waals surface area contributed by atoms with Gasteiger partial charge in [0, 0.05) is 36.2 Å². The lowest BCUT2D eigenvalue weighted by atomic mass is 9.71. The number of carbonyl (C=O) groups excluding carboxylic acids is 1. The zero-order valence-corrected chi connectivity index (χ0v) is 27.7. The first-order chi connectivity index (χ1) is 20.7. The summed E-state index contributed by atoms with van der Waals surface area (Å²) in [4.78, 5) is 26.7. The molecule has 0 spiro atoms. The van der Waals surface area contributed by atoms with Gasteiger partial charge in [0.05, 0.1) is 12.2 Å². The predicted octanol–water partition coefficient (Wildman–Crippen LogP) is 7.78. The van der Waals surface area contributed by atoms with Crippen molar-refractivity contribution in [1.29, 1.82) is 0 Å². The van der Waals surface area contributed by atoms with E-state index in [1.54, 1.807) is 0 Å². The molecule has 0 bridgehead atoms. The molecule has 6 nitrogen and oxygen atoms in total. The maximum atomic E-state index is 14.9. The Labute approximate surface area is 270 Å². The van der Waals surface area contributed by atoms with Crippen LogP contribution in [-0.2, 0) is 11.1 Å². The minimum Gasteiger partial charge on any atom is -0.493 e. The minimum atomic E-state index is -0.910. The van der Waals surface area contributed by atoms with E-state index in [0.29, 0.717) is 41.3 Å². The van der Waals surface area contributed by atoms with Gasteiger partial charge in [-0.3, -0.25) is 14.8 Å². The van der Waals surface area contributed by atoms with Crippen LogP contribution in [0.2, 0.25) is 10.0 Å². The van der Waals surface area contributed by atoms with E-state index in [9.17, 15) is 4.79 Å². The highest BCUT2D eigenvalue weighted by atomic mass is 35.5. The van der Waals surface area contributed by atoms with Gasteiger partial charge < -0.3 is 9.64 Å². The molecule has 0 aromatic heterocycles. The molecule has 0 saturated carbocycles. The summed E-state index contributed by atoms with van der Waals surface area (Å²) in [5.74, 6) is 2.43. The summed E-state index contributed by atoms with van der Waals surface area (Å²) < 4.78 is 6.09. The van der Waals surface area contributed by atoms with Gasteiger partial charge in [0.1, 0.15) is 22.7 Å². The molecular weight excluding hydrogens is 599 g/mol. The highest BCUT2D eigenvalue weighted by molar-refractivity contribution is 7.98. The van der Waals surface area contributed by atoms with Crippen LogP contribution in [0.15, 0.2) is 77.8 Å². The van der Waals surface area contributed by atoms with Crippen molar-refractivity contribution in [3.63, 3.8) is 0 Å². The standard InChI is InChI=1S/C34H40Cl2N4O2S/c1-5-42-30-10-7-6-9-29(30)31-37-33(2,25-11-15-27(35)16-12-25)34(3,26-13-17-28(36)18-14-26)40(31)32(41)39-22-20-38(21-23-39)19-8-24-43-4/h6-7,9-18H,5,8,19-24H2,1-4H3. The molecular formula is C34H40Cl2N4O2S. The van der Waals surface area contributed by atoms with Crippen molar-refractivity contribution >= 4 is 46.8 Å². The van der Waals surface area contributed by atoms with E-state index in [2.05, 4.69) is 25.0 Å². The van der Waals surface area contributed by atoms with Crippen LogP contribution in [-0.4, -0.2) is 77.9 Å². The first kappa shape index (κ1) is 31.7. The van der Waals surface area contributed by atoms with E-state index >= 15 is 0 Å². The van der Waals surface area contributed by atoms with Crippen molar-refractivity contribution in [2.75, 3.05) is 51.3 Å². The molecule has 1 saturated heterocycles. The number of benzene rings is 3. The van der Waals surface area contributed by atoms with Crippen LogP contribution in [0.3, 0.4) is 0 Å². The summed E-state index contributed by atoms with van der Waals surface area (Å²) in [5.41, 5.74) is 0.897. The number of para-hydroxylation sites is 1. The number of hydrogen-bond donors (Lipinski definition) is 0. The fourth-order valence-electron chi connectivity index (χ4n) is 6.24. The van der Waals surface area contributed by atoms with E-state index < -0.39 is 11.1 Å². The van der Waals surface area contributed by atoms with Crippen molar-refractivity contribution in [1.82, 2.24) is 14.7 Å². The summed E-state index contributed by atoms with van der Waals surface area (Å²) in [6, 6.07) is 23.3. The predicted molar refractivity (Wildman–Crippen MR) is 180 cm³/mol. The monoisotopic (exact) mass is 638 g/mol. The number of urea groups is 1. The third-order valence-corrected chi connectivity index (χ3v) is 10.0. The van der Waals surface area contributed by atoms with Crippen LogP contribution in [0.5, 0.6) is 5.75 Å². The van der Waals surface area contributed by atoms with Gasteiger partial charge in [-0.15, -0.1) is 0 Å². The van der Waals surface area contributed by atoms with Crippen molar-refractivity contribution in [3.05, 3.63) is 99.5 Å². The SMILES string of the molecule is CCOc1ccccc1C1=NC(C)(c2ccc(Cl)cc2)C(C)(c2ccc(Cl)cc2)N1C(=O)N1CCN(CCCSC)CC1. The average Bonchev–Trinajstić information content (AvgIpc) is 3.26. The van der Waals surface area contributed by atoms with Crippen molar-refractivity contribution in [2.24, 2.45) is 4.99 Å². The molecule has 3 aromatic carbocycles. The summed E-state index contributed by atoms with van der Waals surface area (Å²) >= 11 is 14.6. The van der Waals surface area contributed by atoms with Crippen LogP contribution in [0.1, 0.15) is 43.9 Å². The molecule has 3 aromatic rings. The van der Waals surface area contributed by atoms with Gasteiger partial charge in [-0.25, -0.2) is 4.79 Å². The summed E-state index contributed by atoms with van der Waals surface area (Å²) in [6.45, 7) is 10.7. The zero-order valence-electron chi connectivity index (χ0n) is 25.4. The van der Waals surface area contributed by atoms with E-state index in [4.69, 9.17) is 32.9 Å². The van der Waals surface area contributed by atoms with Crippen LogP contribution in [0, 0.1) is 0 Å². The molecule has 2 amide bonds. The lowest BCUT2D eigenvalue weighted by molar-refractivity contribution is 0.0868. The quantitative estimate of drug-likeness (QED) is 0.225. The molecule has 0 aliphatic carbocycles. The molecule has 2 aliphatic rings. The average molecular weight is 640 g/mol. The number of amides is 2. The lowest BCUT2D eigenvalue weighted by Gasteiger charge is -2.47. The maximum Gasteiger partial charge on any atom is 0.326 e. The van der Waals surface area contributed by atoms with Gasteiger partial charge in [0.2, 0.25) is 0 Å². The fraction of sp³-hybridized carbons (Fsp3) is 0.412. The molecule has 5 rings (SSSR count). The van der Waals surface area contributed by atoms with E-state index in [-0.39, 0.29) is 6.03 Å². The Balaban J connectivity index is 1.64. The van der Waals surface area contributed by atoms with E-state index in [1.807, 2.05) is 101 Å². The largest absolute Gasteiger partial charge is 0.493 e. The fourth-order valence-corrected chi connectivity index (χ4v) is 6.91. The van der Waals surface area contributed by atoms with Gasteiger partial charge in [0.25, 0.3) is 0 Å². The van der Waals surface area contributed by atoms with Gasteiger partial charge in [-0.1, -0.05) is 59.6 Å². The topological polar surface area (TPSA) is 48.4 Å². The molecule has 0 N–H and O–H groups in total. The smallest absolute Gasteiger partial charge is 0.326 e. The van der Waals surface area contributed by atoms with Crippen molar-refractivity contribution < 1.29 is 9.53 Å². The number of nitrogens with zero attached hydrogens (tertiary/aromatic N) is 4. The number of aliphatic imine (C=N–C) groups is 1. The summed E-state index contributed by atoms with van der Waals surface area (Å²) in [6.07, 6.45) is 3.30. The number of rotatable bonds is 9. The second-order valence-corrected chi connectivity index (χ2v) is 13.2. The number of piperazine rings is 1. The second kappa shape index (κ2) is 13.5. The number of ether oxygens (including phenoxy) is 1. The Morgan fingerprint density at radius 1 is 0.907 bits per heavy atom. The maximum absolute atomic E-state index is 14.9. The molecule has 2 unspecified atom stereocenters. The Morgan fingerprint density at radius 3 is 2.12 bits per heavy atom. The van der Waals surface area contributed by atoms with E-state index in [0.717, 1.165) is 48.5 Å².